The minimum Gasteiger partial charge on any atom is -0.475 e. The highest BCUT2D eigenvalue weighted by molar-refractivity contribution is 6.07. The molecule has 0 saturated heterocycles. The van der Waals surface area contributed by atoms with Gasteiger partial charge in [0.25, 0.3) is 0 Å². The third-order valence-corrected chi connectivity index (χ3v) is 6.44. The minimum absolute atomic E-state index is 0.356. The van der Waals surface area contributed by atoms with Crippen LogP contribution in [0.3, 0.4) is 0 Å². The van der Waals surface area contributed by atoms with Gasteiger partial charge in [-0.1, -0.05) is 18.2 Å². The van der Waals surface area contributed by atoms with E-state index in [1.165, 1.54) is 16.7 Å². The molecule has 6 N–H and O–H groups in total. The zero-order chi connectivity index (χ0) is 34.7. The first kappa shape index (κ1) is 34.2. The number of H-pyrrole nitrogens is 2. The molecule has 0 saturated carbocycles. The maximum Gasteiger partial charge on any atom is 0.490 e. The molecule has 0 aliphatic carbocycles. The Kier molecular flexibility index (Phi) is 9.69. The first-order valence-electron chi connectivity index (χ1n) is 13.2. The molecule has 0 radical (unpaired) electrons. The number of aliphatic carboxylic acids is 2. The van der Waals surface area contributed by atoms with Crippen LogP contribution >= 0.6 is 0 Å². The molecule has 0 unspecified atom stereocenters. The van der Waals surface area contributed by atoms with E-state index in [1.807, 2.05) is 41.1 Å². The Hall–Kier alpha value is -5.72. The number of para-hydroxylation sites is 1. The van der Waals surface area contributed by atoms with Gasteiger partial charge < -0.3 is 25.5 Å². The highest BCUT2D eigenvalue weighted by atomic mass is 19.4. The van der Waals surface area contributed by atoms with E-state index in [0.717, 1.165) is 33.7 Å². The molecular weight excluding hydrogens is 647 g/mol. The van der Waals surface area contributed by atoms with Gasteiger partial charge in [0.05, 0.1) is 22.9 Å². The van der Waals surface area contributed by atoms with Crippen molar-refractivity contribution in [3.8, 4) is 17.2 Å². The number of carboxylic acid groups (broad SMARTS) is 2. The summed E-state index contributed by atoms with van der Waals surface area (Å²) in [5.74, 6) is -5.54. The number of fused-ring (bicyclic) bond motifs is 4. The van der Waals surface area contributed by atoms with Gasteiger partial charge in [0.1, 0.15) is 11.5 Å². The van der Waals surface area contributed by atoms with Crippen molar-refractivity contribution < 1.29 is 50.5 Å². The van der Waals surface area contributed by atoms with Crippen LogP contribution in [0.1, 0.15) is 6.42 Å². The molecule has 0 bridgehead atoms. The highest BCUT2D eigenvalue weighted by Gasteiger charge is 2.38. The number of nitrogens with two attached hydrogens (primary N) is 1. The Bertz CT molecular complexity index is 2100. The summed E-state index contributed by atoms with van der Waals surface area (Å²) in [6.45, 7) is 1.18. The van der Waals surface area contributed by atoms with E-state index in [0.29, 0.717) is 35.7 Å². The smallest absolute Gasteiger partial charge is 0.475 e. The average molecular weight is 670 g/mol. The van der Waals surface area contributed by atoms with E-state index in [1.54, 1.807) is 12.3 Å². The Labute approximate surface area is 256 Å². The maximum absolute atomic E-state index is 14.2. The number of carboxylic acids is 2. The lowest BCUT2D eigenvalue weighted by Gasteiger charge is -2.05. The van der Waals surface area contributed by atoms with Crippen LogP contribution in [0.4, 0.5) is 30.7 Å². The van der Waals surface area contributed by atoms with Crippen molar-refractivity contribution >= 4 is 44.6 Å². The third-order valence-electron chi connectivity index (χ3n) is 6.44. The van der Waals surface area contributed by atoms with Gasteiger partial charge in [-0.3, -0.25) is 4.98 Å². The molecule has 0 aliphatic rings. The van der Waals surface area contributed by atoms with Crippen molar-refractivity contribution in [1.82, 2.24) is 29.3 Å². The first-order valence-corrected chi connectivity index (χ1v) is 13.2. The number of alkyl halides is 6. The zero-order valence-corrected chi connectivity index (χ0v) is 23.5. The van der Waals surface area contributed by atoms with Crippen LogP contribution in [0, 0.1) is 5.82 Å². The molecular formula is C28H22F7N7O5. The zero-order valence-electron chi connectivity index (χ0n) is 23.5. The van der Waals surface area contributed by atoms with E-state index in [4.69, 9.17) is 25.5 Å². The van der Waals surface area contributed by atoms with Gasteiger partial charge in [0, 0.05) is 34.4 Å². The van der Waals surface area contributed by atoms with E-state index in [-0.39, 0.29) is 5.82 Å². The molecule has 248 valence electrons. The Morgan fingerprint density at radius 3 is 2.15 bits per heavy atom. The third kappa shape index (κ3) is 7.57. The second-order valence-corrected chi connectivity index (χ2v) is 9.59. The molecule has 6 aromatic rings. The summed E-state index contributed by atoms with van der Waals surface area (Å²) in [6, 6.07) is 14.5. The Balaban J connectivity index is 0.000000301. The van der Waals surface area contributed by atoms with E-state index in [2.05, 4.69) is 20.2 Å². The van der Waals surface area contributed by atoms with Gasteiger partial charge in [-0.2, -0.15) is 31.4 Å². The number of carbonyl (C=O) groups is 2. The van der Waals surface area contributed by atoms with Crippen molar-refractivity contribution in [2.75, 3.05) is 6.54 Å². The molecule has 12 nitrogen and oxygen atoms in total. The minimum atomic E-state index is -5.08. The fraction of sp³-hybridized carbons (Fsp3) is 0.179. The number of pyridine rings is 1. The van der Waals surface area contributed by atoms with Crippen molar-refractivity contribution in [2.45, 2.75) is 25.3 Å². The summed E-state index contributed by atoms with van der Waals surface area (Å²) in [7, 11) is 0. The van der Waals surface area contributed by atoms with Crippen LogP contribution < -0.4 is 11.4 Å². The number of nitrogens with one attached hydrogen (secondary N) is 2. The molecule has 0 aliphatic heterocycles. The van der Waals surface area contributed by atoms with Gasteiger partial charge in [0.2, 0.25) is 0 Å². The summed E-state index contributed by atoms with van der Waals surface area (Å²) in [6.07, 6.45) is -5.84. The normalized spacial score (nSPS) is 11.7. The van der Waals surface area contributed by atoms with Gasteiger partial charge in [-0.15, -0.1) is 0 Å². The first-order chi connectivity index (χ1) is 22.0. The summed E-state index contributed by atoms with van der Waals surface area (Å²) in [5, 5.41) is 23.7. The summed E-state index contributed by atoms with van der Waals surface area (Å²) in [4.78, 5) is 38.6. The molecule has 0 amide bonds. The molecule has 6 rings (SSSR count). The van der Waals surface area contributed by atoms with Crippen LogP contribution in [0.25, 0.3) is 49.9 Å². The lowest BCUT2D eigenvalue weighted by Crippen LogP contribution is -2.21. The standard InChI is InChI=1S/C24H20FN7O.2C2HF3O2/c25-14-6-7-21-17(10-14)22(13-31(21)9-3-8-26)32-23(29-30-24(32)33)19-11-16-15-4-1-2-5-18(15)28-20(16)12-27-19;2*3-2(4,5)1(6)7/h1-2,4-7,10-13,28H,3,8-9,26H2,(H,30,33);2*(H,6,7). The van der Waals surface area contributed by atoms with E-state index >= 15 is 0 Å². The molecule has 19 heteroatoms. The summed E-state index contributed by atoms with van der Waals surface area (Å²) >= 11 is 0. The Morgan fingerprint density at radius 1 is 0.894 bits per heavy atom. The second kappa shape index (κ2) is 13.3. The molecule has 0 atom stereocenters. The van der Waals surface area contributed by atoms with Crippen LogP contribution in [0.15, 0.2) is 65.7 Å². The molecule has 4 heterocycles. The summed E-state index contributed by atoms with van der Waals surface area (Å²) in [5.41, 5.74) is 9.05. The van der Waals surface area contributed by atoms with Crippen LogP contribution in [-0.2, 0) is 16.1 Å². The fourth-order valence-corrected chi connectivity index (χ4v) is 4.44. The molecule has 0 spiro atoms. The SMILES string of the molecule is NCCCn1cc(-n2c(-c3cc4c(cn3)[nH]c3ccccc34)n[nH]c2=O)c2cc(F)ccc21.O=C(O)C(F)(F)F.O=C(O)C(F)(F)F. The Morgan fingerprint density at radius 2 is 1.53 bits per heavy atom. The largest absolute Gasteiger partial charge is 0.490 e. The molecule has 47 heavy (non-hydrogen) atoms. The van der Waals surface area contributed by atoms with Crippen LogP contribution in [0.5, 0.6) is 0 Å². The van der Waals surface area contributed by atoms with Crippen molar-refractivity contribution in [1.29, 1.82) is 0 Å². The lowest BCUT2D eigenvalue weighted by molar-refractivity contribution is -0.193. The predicted octanol–water partition coefficient (Wildman–Crippen LogP) is 4.97. The monoisotopic (exact) mass is 669 g/mol. The van der Waals surface area contributed by atoms with Crippen LogP contribution in [-0.4, -0.2) is 70.3 Å². The second-order valence-electron chi connectivity index (χ2n) is 9.59. The van der Waals surface area contributed by atoms with Crippen molar-refractivity contribution in [2.24, 2.45) is 5.73 Å². The summed E-state index contributed by atoms with van der Waals surface area (Å²) < 4.78 is 81.1. The van der Waals surface area contributed by atoms with Gasteiger partial charge in [-0.05, 0) is 43.3 Å². The van der Waals surface area contributed by atoms with Gasteiger partial charge in [-0.25, -0.2) is 28.4 Å². The van der Waals surface area contributed by atoms with Crippen molar-refractivity contribution in [3.05, 3.63) is 77.2 Å². The molecule has 0 fully saturated rings. The van der Waals surface area contributed by atoms with E-state index < -0.39 is 30.0 Å². The number of nitrogens with zero attached hydrogens (tertiary/aromatic N) is 4. The van der Waals surface area contributed by atoms with Gasteiger partial charge in [0.15, 0.2) is 5.82 Å². The predicted molar refractivity (Wildman–Crippen MR) is 153 cm³/mol. The van der Waals surface area contributed by atoms with E-state index in [9.17, 15) is 35.5 Å². The van der Waals surface area contributed by atoms with Gasteiger partial charge >= 0.3 is 30.0 Å². The van der Waals surface area contributed by atoms with Crippen molar-refractivity contribution in [3.63, 3.8) is 0 Å². The van der Waals surface area contributed by atoms with Crippen LogP contribution in [0.2, 0.25) is 0 Å². The number of hydrogen-bond acceptors (Lipinski definition) is 6. The molecule has 2 aromatic carbocycles. The number of benzene rings is 2. The number of aryl methyl sites for hydroxylation is 1. The number of hydrogen-bond donors (Lipinski definition) is 5. The topological polar surface area (TPSA) is 185 Å². The number of aromatic nitrogens is 6. The average Bonchev–Trinajstić information content (AvgIpc) is 3.67. The fourth-order valence-electron chi connectivity index (χ4n) is 4.44. The number of rotatable bonds is 5. The quantitative estimate of drug-likeness (QED) is 0.159. The highest BCUT2D eigenvalue weighted by Crippen LogP contribution is 2.31. The number of aromatic amines is 2. The lowest BCUT2D eigenvalue weighted by atomic mass is 10.1. The number of halogens is 7. The molecule has 4 aromatic heterocycles. The maximum atomic E-state index is 14.2.